The molecule has 0 saturated heterocycles. The van der Waals surface area contributed by atoms with Crippen LogP contribution in [0.15, 0.2) is 48.5 Å². The predicted molar refractivity (Wildman–Crippen MR) is 90.7 cm³/mol. The predicted octanol–water partition coefficient (Wildman–Crippen LogP) is 3.22. The van der Waals surface area contributed by atoms with Crippen molar-refractivity contribution in [1.29, 1.82) is 0 Å². The van der Waals surface area contributed by atoms with Gasteiger partial charge in [-0.05, 0) is 30.2 Å². The molecule has 0 spiro atoms. The Morgan fingerprint density at radius 1 is 1.04 bits per heavy atom. The molecular formula is C18H20N2O3. The molecule has 5 nitrogen and oxygen atoms in total. The third-order valence-electron chi connectivity index (χ3n) is 3.28. The number of carbonyl (C=O) groups is 2. The number of methoxy groups -OCH3 is 1. The summed E-state index contributed by atoms with van der Waals surface area (Å²) in [5, 5.41) is 5.51. The largest absolute Gasteiger partial charge is 0.495 e. The maximum atomic E-state index is 12.0. The number of anilines is 2. The number of hydrogen-bond donors (Lipinski definition) is 2. The topological polar surface area (TPSA) is 67.4 Å². The van der Waals surface area contributed by atoms with E-state index in [1.165, 1.54) is 14.0 Å². The van der Waals surface area contributed by atoms with E-state index in [0.29, 0.717) is 30.0 Å². The molecule has 5 heteroatoms. The molecule has 0 atom stereocenters. The van der Waals surface area contributed by atoms with E-state index in [9.17, 15) is 9.59 Å². The highest BCUT2D eigenvalue weighted by Gasteiger charge is 2.08. The van der Waals surface area contributed by atoms with Crippen LogP contribution in [-0.2, 0) is 16.0 Å². The lowest BCUT2D eigenvalue weighted by Crippen LogP contribution is -2.13. The van der Waals surface area contributed by atoms with Crippen molar-refractivity contribution in [3.05, 3.63) is 54.1 Å². The van der Waals surface area contributed by atoms with Gasteiger partial charge in [-0.3, -0.25) is 9.59 Å². The van der Waals surface area contributed by atoms with Crippen LogP contribution in [0.5, 0.6) is 5.75 Å². The summed E-state index contributed by atoms with van der Waals surface area (Å²) in [6.07, 6.45) is 1.08. The maximum Gasteiger partial charge on any atom is 0.224 e. The van der Waals surface area contributed by atoms with Crippen molar-refractivity contribution in [3.63, 3.8) is 0 Å². The fourth-order valence-corrected chi connectivity index (χ4v) is 2.20. The summed E-state index contributed by atoms with van der Waals surface area (Å²) >= 11 is 0. The van der Waals surface area contributed by atoms with Gasteiger partial charge in [0.25, 0.3) is 0 Å². The lowest BCUT2D eigenvalue weighted by atomic mass is 10.1. The van der Waals surface area contributed by atoms with Gasteiger partial charge in [0.05, 0.1) is 12.8 Å². The molecule has 2 amide bonds. The summed E-state index contributed by atoms with van der Waals surface area (Å²) in [7, 11) is 1.53. The number of ether oxygens (including phenoxy) is 1. The van der Waals surface area contributed by atoms with Crippen molar-refractivity contribution >= 4 is 23.2 Å². The highest BCUT2D eigenvalue weighted by molar-refractivity contribution is 5.94. The smallest absolute Gasteiger partial charge is 0.224 e. The van der Waals surface area contributed by atoms with Crippen LogP contribution >= 0.6 is 0 Å². The van der Waals surface area contributed by atoms with E-state index < -0.39 is 0 Å². The molecule has 120 valence electrons. The third-order valence-corrected chi connectivity index (χ3v) is 3.28. The van der Waals surface area contributed by atoms with E-state index in [1.807, 2.05) is 30.3 Å². The minimum atomic E-state index is -0.198. The number of carbonyl (C=O) groups excluding carboxylic acids is 2. The SMILES string of the molecule is COc1ccc(NC(=O)CCc2ccccc2)cc1NC(C)=O. The average molecular weight is 312 g/mol. The lowest BCUT2D eigenvalue weighted by Gasteiger charge is -2.12. The van der Waals surface area contributed by atoms with Gasteiger partial charge in [-0.2, -0.15) is 0 Å². The zero-order valence-electron chi connectivity index (χ0n) is 13.3. The van der Waals surface area contributed by atoms with Crippen LogP contribution in [0.2, 0.25) is 0 Å². The van der Waals surface area contributed by atoms with Crippen molar-refractivity contribution in [1.82, 2.24) is 0 Å². The Bertz CT molecular complexity index is 684. The Kier molecular flexibility index (Phi) is 5.74. The van der Waals surface area contributed by atoms with Crippen LogP contribution in [-0.4, -0.2) is 18.9 Å². The van der Waals surface area contributed by atoms with E-state index in [0.717, 1.165) is 5.56 Å². The van der Waals surface area contributed by atoms with Gasteiger partial charge < -0.3 is 15.4 Å². The molecule has 0 heterocycles. The number of hydrogen-bond acceptors (Lipinski definition) is 3. The summed E-state index contributed by atoms with van der Waals surface area (Å²) < 4.78 is 5.18. The summed E-state index contributed by atoms with van der Waals surface area (Å²) in [6, 6.07) is 15.0. The van der Waals surface area contributed by atoms with Gasteiger partial charge in [0.15, 0.2) is 0 Å². The van der Waals surface area contributed by atoms with Gasteiger partial charge >= 0.3 is 0 Å². The first-order valence-corrected chi connectivity index (χ1v) is 7.38. The first-order valence-electron chi connectivity index (χ1n) is 7.38. The molecule has 0 unspecified atom stereocenters. The molecule has 23 heavy (non-hydrogen) atoms. The number of amides is 2. The molecular weight excluding hydrogens is 292 g/mol. The van der Waals surface area contributed by atoms with Crippen molar-refractivity contribution in [3.8, 4) is 5.75 Å². The van der Waals surface area contributed by atoms with Gasteiger partial charge in [-0.25, -0.2) is 0 Å². The molecule has 0 saturated carbocycles. The van der Waals surface area contributed by atoms with Gasteiger partial charge in [-0.15, -0.1) is 0 Å². The molecule has 0 aromatic heterocycles. The summed E-state index contributed by atoms with van der Waals surface area (Å²) in [4.78, 5) is 23.3. The van der Waals surface area contributed by atoms with Crippen LogP contribution in [0.25, 0.3) is 0 Å². The Labute approximate surface area is 135 Å². The molecule has 0 radical (unpaired) electrons. The van der Waals surface area contributed by atoms with E-state index in [-0.39, 0.29) is 11.8 Å². The molecule has 0 aliphatic rings. The van der Waals surface area contributed by atoms with Crippen molar-refractivity contribution in [2.24, 2.45) is 0 Å². The van der Waals surface area contributed by atoms with Crippen LogP contribution < -0.4 is 15.4 Å². The standard InChI is InChI=1S/C18H20N2O3/c1-13(21)19-16-12-15(9-10-17(16)23-2)20-18(22)11-8-14-6-4-3-5-7-14/h3-7,9-10,12H,8,11H2,1-2H3,(H,19,21)(H,20,22). The van der Waals surface area contributed by atoms with Crippen LogP contribution in [0, 0.1) is 0 Å². The summed E-state index contributed by atoms with van der Waals surface area (Å²) in [6.45, 7) is 1.42. The second-order valence-corrected chi connectivity index (χ2v) is 5.13. The van der Waals surface area contributed by atoms with Crippen molar-refractivity contribution < 1.29 is 14.3 Å². The normalized spacial score (nSPS) is 10.0. The second-order valence-electron chi connectivity index (χ2n) is 5.13. The monoisotopic (exact) mass is 312 g/mol. The van der Waals surface area contributed by atoms with E-state index in [4.69, 9.17) is 4.74 Å². The Morgan fingerprint density at radius 2 is 1.78 bits per heavy atom. The first kappa shape index (κ1) is 16.5. The Hall–Kier alpha value is -2.82. The van der Waals surface area contributed by atoms with E-state index in [2.05, 4.69) is 10.6 Å². The fraction of sp³-hybridized carbons (Fsp3) is 0.222. The van der Waals surface area contributed by atoms with Crippen LogP contribution in [0.4, 0.5) is 11.4 Å². The Morgan fingerprint density at radius 3 is 2.43 bits per heavy atom. The zero-order chi connectivity index (χ0) is 16.7. The number of aryl methyl sites for hydroxylation is 1. The first-order chi connectivity index (χ1) is 11.1. The highest BCUT2D eigenvalue weighted by atomic mass is 16.5. The fourth-order valence-electron chi connectivity index (χ4n) is 2.20. The molecule has 0 fully saturated rings. The van der Waals surface area contributed by atoms with Gasteiger partial charge in [0.2, 0.25) is 11.8 Å². The second kappa shape index (κ2) is 7.98. The van der Waals surface area contributed by atoms with Crippen molar-refractivity contribution in [2.45, 2.75) is 19.8 Å². The molecule has 0 aliphatic carbocycles. The van der Waals surface area contributed by atoms with Crippen molar-refractivity contribution in [2.75, 3.05) is 17.7 Å². The maximum absolute atomic E-state index is 12.0. The Balaban J connectivity index is 1.98. The molecule has 2 aromatic carbocycles. The van der Waals surface area contributed by atoms with E-state index in [1.54, 1.807) is 18.2 Å². The minimum absolute atomic E-state index is 0.0761. The number of benzene rings is 2. The van der Waals surface area contributed by atoms with E-state index >= 15 is 0 Å². The van der Waals surface area contributed by atoms with Gasteiger partial charge in [0, 0.05) is 19.0 Å². The minimum Gasteiger partial charge on any atom is -0.495 e. The molecule has 2 rings (SSSR count). The quantitative estimate of drug-likeness (QED) is 0.860. The van der Waals surface area contributed by atoms with Crippen LogP contribution in [0.3, 0.4) is 0 Å². The molecule has 0 bridgehead atoms. The van der Waals surface area contributed by atoms with Gasteiger partial charge in [0.1, 0.15) is 5.75 Å². The average Bonchev–Trinajstić information content (AvgIpc) is 2.54. The summed E-state index contributed by atoms with van der Waals surface area (Å²) in [5.74, 6) is 0.270. The molecule has 0 aliphatic heterocycles. The number of nitrogens with one attached hydrogen (secondary N) is 2. The zero-order valence-corrected chi connectivity index (χ0v) is 13.3. The molecule has 2 N–H and O–H groups in total. The molecule has 2 aromatic rings. The van der Waals surface area contributed by atoms with Crippen LogP contribution in [0.1, 0.15) is 18.9 Å². The third kappa shape index (κ3) is 5.14. The van der Waals surface area contributed by atoms with Gasteiger partial charge in [-0.1, -0.05) is 30.3 Å². The highest BCUT2D eigenvalue weighted by Crippen LogP contribution is 2.27. The lowest BCUT2D eigenvalue weighted by molar-refractivity contribution is -0.116. The number of rotatable bonds is 6. The summed E-state index contributed by atoms with van der Waals surface area (Å²) in [5.41, 5.74) is 2.27.